The molecule has 94 valence electrons. The SMILES string of the molecule is NC1(C2CCCCC2)CCCCC1.O=NO. The largest absolute Gasteiger partial charge is 0.379 e. The van der Waals surface area contributed by atoms with Crippen LogP contribution in [0.1, 0.15) is 64.2 Å². The lowest BCUT2D eigenvalue weighted by atomic mass is 9.68. The molecule has 0 aromatic carbocycles. The molecule has 2 fully saturated rings. The standard InChI is InChI=1S/C12H23N.HNO2/c13-12(9-5-2-6-10-12)11-7-3-1-4-8-11;2-1-3/h11H,1-10,13H2;(H,2,3). The smallest absolute Gasteiger partial charge is 0.152 e. The van der Waals surface area contributed by atoms with Gasteiger partial charge in [0, 0.05) is 5.54 Å². The first kappa shape index (κ1) is 13.4. The molecule has 2 saturated carbocycles. The van der Waals surface area contributed by atoms with E-state index in [1.165, 1.54) is 69.5 Å². The molecule has 0 unspecified atom stereocenters. The maximum atomic E-state index is 8.11. The quantitative estimate of drug-likeness (QED) is 0.533. The Kier molecular flexibility index (Phi) is 5.74. The van der Waals surface area contributed by atoms with Crippen LogP contribution in [0.2, 0.25) is 0 Å². The van der Waals surface area contributed by atoms with Crippen molar-refractivity contribution in [2.75, 3.05) is 0 Å². The first-order valence-corrected chi connectivity index (χ1v) is 6.48. The minimum absolute atomic E-state index is 0.249. The molecule has 0 spiro atoms. The van der Waals surface area contributed by atoms with E-state index in [4.69, 9.17) is 15.8 Å². The van der Waals surface area contributed by atoms with Crippen molar-refractivity contribution in [3.05, 3.63) is 4.91 Å². The normalized spacial score (nSPS) is 25.3. The Bertz CT molecular complexity index is 197. The highest BCUT2D eigenvalue weighted by molar-refractivity contribution is 4.94. The Morgan fingerprint density at radius 2 is 1.44 bits per heavy atom. The molecule has 16 heavy (non-hydrogen) atoms. The average molecular weight is 228 g/mol. The summed E-state index contributed by atoms with van der Waals surface area (Å²) in [5.41, 5.74) is 6.78. The van der Waals surface area contributed by atoms with Gasteiger partial charge >= 0.3 is 0 Å². The van der Waals surface area contributed by atoms with Gasteiger partial charge in [0.2, 0.25) is 0 Å². The summed E-state index contributed by atoms with van der Waals surface area (Å²) in [6.45, 7) is 0. The second kappa shape index (κ2) is 6.84. The highest BCUT2D eigenvalue weighted by Gasteiger charge is 2.36. The van der Waals surface area contributed by atoms with Gasteiger partial charge < -0.3 is 10.9 Å². The molecule has 0 atom stereocenters. The van der Waals surface area contributed by atoms with E-state index in [0.29, 0.717) is 0 Å². The lowest BCUT2D eigenvalue weighted by Crippen LogP contribution is -2.49. The monoisotopic (exact) mass is 228 g/mol. The molecule has 2 rings (SSSR count). The lowest BCUT2D eigenvalue weighted by Gasteiger charge is -2.42. The van der Waals surface area contributed by atoms with Gasteiger partial charge in [-0.2, -0.15) is 0 Å². The van der Waals surface area contributed by atoms with Crippen LogP contribution >= 0.6 is 0 Å². The predicted octanol–water partition coefficient (Wildman–Crippen LogP) is 3.37. The van der Waals surface area contributed by atoms with Crippen molar-refractivity contribution in [3.8, 4) is 0 Å². The molecule has 3 N–H and O–H groups in total. The maximum absolute atomic E-state index is 8.11. The van der Waals surface area contributed by atoms with Crippen LogP contribution in [0.15, 0.2) is 5.34 Å². The Morgan fingerprint density at radius 3 is 1.94 bits per heavy atom. The number of hydrogen-bond donors (Lipinski definition) is 2. The van der Waals surface area contributed by atoms with E-state index in [2.05, 4.69) is 0 Å². The van der Waals surface area contributed by atoms with Gasteiger partial charge in [-0.25, -0.2) is 0 Å². The first-order chi connectivity index (χ1) is 7.73. The molecule has 4 heteroatoms. The van der Waals surface area contributed by atoms with Crippen LogP contribution in [0.25, 0.3) is 0 Å². The van der Waals surface area contributed by atoms with E-state index in [1.807, 2.05) is 0 Å². The lowest BCUT2D eigenvalue weighted by molar-refractivity contribution is 0.154. The zero-order valence-corrected chi connectivity index (χ0v) is 10.0. The van der Waals surface area contributed by atoms with E-state index in [0.717, 1.165) is 5.92 Å². The van der Waals surface area contributed by atoms with Gasteiger partial charge in [0.25, 0.3) is 0 Å². The highest BCUT2D eigenvalue weighted by atomic mass is 16.6. The highest BCUT2D eigenvalue weighted by Crippen LogP contribution is 2.39. The molecule has 0 saturated heterocycles. The topological polar surface area (TPSA) is 75.7 Å². The van der Waals surface area contributed by atoms with Crippen molar-refractivity contribution < 1.29 is 5.21 Å². The summed E-state index contributed by atoms with van der Waals surface area (Å²) in [6, 6.07) is 0. The number of nitrogens with two attached hydrogens (primary N) is 1. The van der Waals surface area contributed by atoms with E-state index < -0.39 is 0 Å². The molecule has 0 aromatic rings. The Balaban J connectivity index is 0.000000386. The molecule has 0 radical (unpaired) electrons. The fourth-order valence-corrected chi connectivity index (χ4v) is 3.30. The number of rotatable bonds is 1. The molecule has 0 bridgehead atoms. The summed E-state index contributed by atoms with van der Waals surface area (Å²) in [6.07, 6.45) is 13.9. The molecular formula is C12H24N2O2. The Morgan fingerprint density at radius 1 is 1.00 bits per heavy atom. The summed E-state index contributed by atoms with van der Waals surface area (Å²) in [7, 11) is 0. The molecular weight excluding hydrogens is 204 g/mol. The van der Waals surface area contributed by atoms with Crippen LogP contribution in [0.4, 0.5) is 0 Å². The van der Waals surface area contributed by atoms with Crippen molar-refractivity contribution in [3.63, 3.8) is 0 Å². The van der Waals surface area contributed by atoms with Gasteiger partial charge in [0.1, 0.15) is 0 Å². The van der Waals surface area contributed by atoms with Crippen molar-refractivity contribution in [2.24, 2.45) is 17.0 Å². The van der Waals surface area contributed by atoms with E-state index >= 15 is 0 Å². The van der Waals surface area contributed by atoms with Gasteiger partial charge in [0.15, 0.2) is 5.34 Å². The second-order valence-corrected chi connectivity index (χ2v) is 5.21. The third kappa shape index (κ3) is 3.74. The Hall–Kier alpha value is -0.640. The molecule has 2 aliphatic carbocycles. The first-order valence-electron chi connectivity index (χ1n) is 6.48. The molecule has 4 nitrogen and oxygen atoms in total. The molecule has 0 heterocycles. The van der Waals surface area contributed by atoms with Gasteiger partial charge in [-0.15, -0.1) is 4.91 Å². The van der Waals surface area contributed by atoms with Crippen molar-refractivity contribution >= 4 is 0 Å². The van der Waals surface area contributed by atoms with Crippen LogP contribution < -0.4 is 5.73 Å². The van der Waals surface area contributed by atoms with Gasteiger partial charge in [-0.1, -0.05) is 38.5 Å². The summed E-state index contributed by atoms with van der Waals surface area (Å²) in [5.74, 6) is 0.863. The van der Waals surface area contributed by atoms with E-state index in [-0.39, 0.29) is 5.54 Å². The van der Waals surface area contributed by atoms with Gasteiger partial charge in [0.05, 0.1) is 0 Å². The van der Waals surface area contributed by atoms with Crippen molar-refractivity contribution in [1.29, 1.82) is 0 Å². The van der Waals surface area contributed by atoms with Crippen molar-refractivity contribution in [1.82, 2.24) is 0 Å². The van der Waals surface area contributed by atoms with Gasteiger partial charge in [-0.3, -0.25) is 0 Å². The third-order valence-electron chi connectivity index (χ3n) is 4.20. The van der Waals surface area contributed by atoms with Crippen LogP contribution in [-0.2, 0) is 0 Å². The van der Waals surface area contributed by atoms with E-state index in [9.17, 15) is 0 Å². The molecule has 0 aromatic heterocycles. The van der Waals surface area contributed by atoms with Crippen molar-refractivity contribution in [2.45, 2.75) is 69.7 Å². The fourth-order valence-electron chi connectivity index (χ4n) is 3.30. The third-order valence-corrected chi connectivity index (χ3v) is 4.20. The second-order valence-electron chi connectivity index (χ2n) is 5.21. The summed E-state index contributed by atoms with van der Waals surface area (Å²) >= 11 is 0. The van der Waals surface area contributed by atoms with Crippen LogP contribution in [0.5, 0.6) is 0 Å². The maximum Gasteiger partial charge on any atom is 0.152 e. The number of hydrogen-bond acceptors (Lipinski definition) is 3. The van der Waals surface area contributed by atoms with Crippen LogP contribution in [0, 0.1) is 10.8 Å². The van der Waals surface area contributed by atoms with Crippen LogP contribution in [-0.4, -0.2) is 10.7 Å². The zero-order valence-electron chi connectivity index (χ0n) is 10.0. The minimum Gasteiger partial charge on any atom is -0.379 e. The molecule has 0 amide bonds. The molecule has 2 aliphatic rings. The molecule has 0 aliphatic heterocycles. The summed E-state index contributed by atoms with van der Waals surface area (Å²) < 4.78 is 0. The number of nitrogens with zero attached hydrogens (tertiary/aromatic N) is 1. The zero-order chi connectivity index (χ0) is 11.9. The predicted molar refractivity (Wildman–Crippen MR) is 64.2 cm³/mol. The Labute approximate surface area is 97.5 Å². The summed E-state index contributed by atoms with van der Waals surface area (Å²) in [4.78, 5) is 8.11. The van der Waals surface area contributed by atoms with Crippen LogP contribution in [0.3, 0.4) is 0 Å². The summed E-state index contributed by atoms with van der Waals surface area (Å²) in [5, 5.41) is 7.89. The van der Waals surface area contributed by atoms with E-state index in [1.54, 1.807) is 0 Å². The minimum atomic E-state index is 0.249. The average Bonchev–Trinajstić information content (AvgIpc) is 2.32. The fraction of sp³-hybridized carbons (Fsp3) is 1.00. The van der Waals surface area contributed by atoms with Gasteiger partial charge in [-0.05, 0) is 31.6 Å².